The molecule has 1 heterocycles. The number of hydrogen-bond donors (Lipinski definition) is 0. The Labute approximate surface area is 247 Å². The molecule has 1 saturated heterocycles. The van der Waals surface area contributed by atoms with E-state index in [9.17, 15) is 9.59 Å². The highest BCUT2D eigenvalue weighted by atomic mass is 16.7. The lowest BCUT2D eigenvalue weighted by atomic mass is 9.95. The van der Waals surface area contributed by atoms with Crippen LogP contribution in [0.15, 0.2) is 103 Å². The first-order chi connectivity index (χ1) is 20.5. The van der Waals surface area contributed by atoms with E-state index in [0.717, 1.165) is 16.7 Å². The van der Waals surface area contributed by atoms with Gasteiger partial charge in [-0.25, -0.2) is 4.79 Å². The van der Waals surface area contributed by atoms with E-state index in [1.165, 1.54) is 13.0 Å². The zero-order chi connectivity index (χ0) is 29.6. The van der Waals surface area contributed by atoms with E-state index in [2.05, 4.69) is 0 Å². The lowest BCUT2D eigenvalue weighted by Crippen LogP contribution is -2.60. The van der Waals surface area contributed by atoms with Gasteiger partial charge in [0.15, 0.2) is 0 Å². The average Bonchev–Trinajstić information content (AvgIpc) is 3.00. The molecule has 0 amide bonds. The number of benzene rings is 3. The molecule has 5 atom stereocenters. The van der Waals surface area contributed by atoms with Crippen molar-refractivity contribution in [3.63, 3.8) is 0 Å². The van der Waals surface area contributed by atoms with E-state index in [-0.39, 0.29) is 26.2 Å². The number of rotatable bonds is 14. The highest BCUT2D eigenvalue weighted by molar-refractivity contribution is 5.81. The molecule has 0 bridgehead atoms. The summed E-state index contributed by atoms with van der Waals surface area (Å²) in [5, 5.41) is 0. The van der Waals surface area contributed by atoms with Crippen LogP contribution in [0.25, 0.3) is 0 Å². The molecule has 0 unspecified atom stereocenters. The summed E-state index contributed by atoms with van der Waals surface area (Å²) in [5.74, 6) is -0.966. The smallest absolute Gasteiger partial charge is 0.330 e. The zero-order valence-corrected chi connectivity index (χ0v) is 24.0. The lowest BCUT2D eigenvalue weighted by Gasteiger charge is -2.45. The van der Waals surface area contributed by atoms with Gasteiger partial charge in [0.25, 0.3) is 0 Å². The molecule has 8 heteroatoms. The summed E-state index contributed by atoms with van der Waals surface area (Å²) in [6, 6.07) is 29.3. The molecule has 0 N–H and O–H groups in total. The minimum Gasteiger partial charge on any atom is -0.463 e. The molecule has 1 aliphatic heterocycles. The van der Waals surface area contributed by atoms with Gasteiger partial charge in [0, 0.05) is 13.0 Å². The van der Waals surface area contributed by atoms with Crippen molar-refractivity contribution in [1.29, 1.82) is 0 Å². The molecular weight excluding hydrogens is 536 g/mol. The van der Waals surface area contributed by atoms with Crippen molar-refractivity contribution in [2.75, 3.05) is 6.61 Å². The zero-order valence-electron chi connectivity index (χ0n) is 24.0. The quantitative estimate of drug-likeness (QED) is 0.183. The maximum atomic E-state index is 12.2. The molecule has 42 heavy (non-hydrogen) atoms. The van der Waals surface area contributed by atoms with Crippen LogP contribution in [0, 0.1) is 0 Å². The van der Waals surface area contributed by atoms with Crippen LogP contribution in [-0.4, -0.2) is 49.3 Å². The van der Waals surface area contributed by atoms with Crippen LogP contribution in [-0.2, 0) is 57.8 Å². The van der Waals surface area contributed by atoms with Crippen LogP contribution in [0.3, 0.4) is 0 Å². The summed E-state index contributed by atoms with van der Waals surface area (Å²) in [7, 11) is 0. The van der Waals surface area contributed by atoms with E-state index in [4.69, 9.17) is 28.4 Å². The number of ether oxygens (including phenoxy) is 6. The third-order valence-corrected chi connectivity index (χ3v) is 6.64. The fraction of sp³-hybridized carbons (Fsp3) is 0.353. The Bertz CT molecular complexity index is 1250. The topological polar surface area (TPSA) is 89.5 Å². The van der Waals surface area contributed by atoms with Gasteiger partial charge in [-0.15, -0.1) is 0 Å². The van der Waals surface area contributed by atoms with Gasteiger partial charge in [0.05, 0.1) is 32.5 Å². The van der Waals surface area contributed by atoms with Gasteiger partial charge in [-0.2, -0.15) is 0 Å². The van der Waals surface area contributed by atoms with Crippen LogP contribution < -0.4 is 0 Å². The van der Waals surface area contributed by atoms with Crippen LogP contribution in [0.2, 0.25) is 0 Å². The predicted octanol–water partition coefficient (Wildman–Crippen LogP) is 5.54. The van der Waals surface area contributed by atoms with E-state index in [1.807, 2.05) is 91.0 Å². The second kappa shape index (κ2) is 16.6. The van der Waals surface area contributed by atoms with Crippen LogP contribution in [0.4, 0.5) is 0 Å². The van der Waals surface area contributed by atoms with Crippen LogP contribution in [0.5, 0.6) is 0 Å². The molecule has 3 aromatic carbocycles. The number of hydrogen-bond acceptors (Lipinski definition) is 8. The van der Waals surface area contributed by atoms with Gasteiger partial charge in [-0.05, 0) is 30.0 Å². The third-order valence-electron chi connectivity index (χ3n) is 6.64. The van der Waals surface area contributed by atoms with Crippen molar-refractivity contribution in [1.82, 2.24) is 0 Å². The molecule has 3 aromatic rings. The predicted molar refractivity (Wildman–Crippen MR) is 156 cm³/mol. The maximum Gasteiger partial charge on any atom is 0.330 e. The van der Waals surface area contributed by atoms with Crippen molar-refractivity contribution >= 4 is 11.9 Å². The van der Waals surface area contributed by atoms with Crippen molar-refractivity contribution in [3.05, 3.63) is 120 Å². The molecule has 0 radical (unpaired) electrons. The minimum atomic E-state index is -1.07. The Hall–Kier alpha value is -3.82. The number of carbonyl (C=O) groups excluding carboxylic acids is 2. The molecule has 0 saturated carbocycles. The maximum absolute atomic E-state index is 12.2. The SMILES string of the molecule is CCOC(=O)/C=C/C[C@@H]1O[C@H](OC(C)=O)[C@H](OCc2ccccc2)[C@@H](OCc2ccccc2)[C@@H]1OCc1ccccc1. The van der Waals surface area contributed by atoms with Crippen LogP contribution in [0.1, 0.15) is 37.0 Å². The van der Waals surface area contributed by atoms with E-state index in [1.54, 1.807) is 13.0 Å². The highest BCUT2D eigenvalue weighted by Crippen LogP contribution is 2.32. The second-order valence-corrected chi connectivity index (χ2v) is 9.83. The van der Waals surface area contributed by atoms with Gasteiger partial charge < -0.3 is 28.4 Å². The first kappa shape index (κ1) is 31.1. The monoisotopic (exact) mass is 574 g/mol. The molecule has 0 spiro atoms. The fourth-order valence-electron chi connectivity index (χ4n) is 4.68. The second-order valence-electron chi connectivity index (χ2n) is 9.83. The largest absolute Gasteiger partial charge is 0.463 e. The normalized spacial score (nSPS) is 22.1. The van der Waals surface area contributed by atoms with Gasteiger partial charge in [-0.3, -0.25) is 4.79 Å². The summed E-state index contributed by atoms with van der Waals surface area (Å²) < 4.78 is 36.5. The first-order valence-corrected chi connectivity index (χ1v) is 14.2. The van der Waals surface area contributed by atoms with Gasteiger partial charge in [0.2, 0.25) is 6.29 Å². The fourth-order valence-corrected chi connectivity index (χ4v) is 4.68. The molecule has 4 rings (SSSR count). The molecule has 222 valence electrons. The number of esters is 2. The number of carbonyl (C=O) groups is 2. The summed E-state index contributed by atoms with van der Waals surface area (Å²) in [4.78, 5) is 24.2. The standard InChI is InChI=1S/C34H38O8/c1-3-37-30(36)21-13-20-29-31(38-22-26-14-7-4-8-15-26)32(39-23-27-16-9-5-10-17-27)33(34(42-29)41-25(2)35)40-24-28-18-11-6-12-19-28/h4-19,21,29,31-34H,3,20,22-24H2,1-2H3/b21-13+/t29-,31+,32-,33+,34-/m0/s1. The Kier molecular flexibility index (Phi) is 12.3. The van der Waals surface area contributed by atoms with E-state index < -0.39 is 42.6 Å². The Morgan fingerprint density at radius 1 is 0.714 bits per heavy atom. The van der Waals surface area contributed by atoms with Crippen molar-refractivity contribution in [2.45, 2.75) is 70.8 Å². The van der Waals surface area contributed by atoms with Crippen LogP contribution >= 0.6 is 0 Å². The summed E-state index contributed by atoms with van der Waals surface area (Å²) in [5.41, 5.74) is 2.89. The molecule has 1 aliphatic rings. The third kappa shape index (κ3) is 9.63. The highest BCUT2D eigenvalue weighted by Gasteiger charge is 2.49. The molecule has 0 aliphatic carbocycles. The van der Waals surface area contributed by atoms with Gasteiger partial charge in [0.1, 0.15) is 18.3 Å². The van der Waals surface area contributed by atoms with Crippen molar-refractivity contribution < 1.29 is 38.0 Å². The lowest BCUT2D eigenvalue weighted by molar-refractivity contribution is -0.314. The minimum absolute atomic E-state index is 0.247. The molecule has 8 nitrogen and oxygen atoms in total. The molecular formula is C34H38O8. The van der Waals surface area contributed by atoms with Crippen molar-refractivity contribution in [2.24, 2.45) is 0 Å². The Balaban J connectivity index is 1.65. The Morgan fingerprint density at radius 2 is 1.19 bits per heavy atom. The van der Waals surface area contributed by atoms with E-state index in [0.29, 0.717) is 6.61 Å². The van der Waals surface area contributed by atoms with Crippen molar-refractivity contribution in [3.8, 4) is 0 Å². The van der Waals surface area contributed by atoms with Gasteiger partial charge in [-0.1, -0.05) is 97.1 Å². The summed E-state index contributed by atoms with van der Waals surface area (Å²) in [6.45, 7) is 4.16. The molecule has 1 fully saturated rings. The summed E-state index contributed by atoms with van der Waals surface area (Å²) >= 11 is 0. The van der Waals surface area contributed by atoms with E-state index >= 15 is 0 Å². The average molecular weight is 575 g/mol. The Morgan fingerprint density at radius 3 is 1.67 bits per heavy atom. The van der Waals surface area contributed by atoms with Gasteiger partial charge >= 0.3 is 11.9 Å². The summed E-state index contributed by atoms with van der Waals surface area (Å²) in [6.07, 6.45) is -0.488. The molecule has 0 aromatic heterocycles. The first-order valence-electron chi connectivity index (χ1n) is 14.2.